The molecule has 0 unspecified atom stereocenters. The molecule has 0 heterocycles. The summed E-state index contributed by atoms with van der Waals surface area (Å²) >= 11 is 1.68. The molecule has 0 aliphatic carbocycles. The maximum atomic E-state index is 11.7. The number of amides is 1. The molecule has 0 atom stereocenters. The summed E-state index contributed by atoms with van der Waals surface area (Å²) in [5.74, 6) is -0.124. The fourth-order valence-corrected chi connectivity index (χ4v) is 2.00. The zero-order chi connectivity index (χ0) is 13.5. The van der Waals surface area contributed by atoms with Crippen LogP contribution in [-0.4, -0.2) is 12.2 Å². The van der Waals surface area contributed by atoms with E-state index in [1.54, 1.807) is 17.8 Å². The predicted molar refractivity (Wildman–Crippen MR) is 82.3 cm³/mol. The Morgan fingerprint density at radius 3 is 2.37 bits per heavy atom. The fourth-order valence-electron chi connectivity index (χ4n) is 1.59. The summed E-state index contributed by atoms with van der Waals surface area (Å²) in [6.07, 6.45) is 5.36. The normalized spacial score (nSPS) is 10.6. The molecule has 2 nitrogen and oxygen atoms in total. The van der Waals surface area contributed by atoms with Gasteiger partial charge in [-0.3, -0.25) is 4.79 Å². The Bertz CT molecular complexity index is 561. The van der Waals surface area contributed by atoms with Crippen LogP contribution in [0.4, 0.5) is 5.69 Å². The van der Waals surface area contributed by atoms with Crippen LogP contribution < -0.4 is 5.32 Å². The Labute approximate surface area is 117 Å². The summed E-state index contributed by atoms with van der Waals surface area (Å²) in [6, 6.07) is 17.5. The molecule has 0 saturated heterocycles. The molecule has 1 N–H and O–H groups in total. The molecule has 0 aliphatic rings. The second kappa shape index (κ2) is 6.81. The van der Waals surface area contributed by atoms with Gasteiger partial charge in [0.1, 0.15) is 0 Å². The molecule has 96 valence electrons. The Kier molecular flexibility index (Phi) is 4.81. The number of carbonyl (C=O) groups excluding carboxylic acids is 1. The van der Waals surface area contributed by atoms with Crippen LogP contribution >= 0.6 is 11.8 Å². The number of hydrogen-bond acceptors (Lipinski definition) is 2. The van der Waals surface area contributed by atoms with E-state index in [1.165, 1.54) is 11.0 Å². The van der Waals surface area contributed by atoms with Crippen LogP contribution in [0, 0.1) is 0 Å². The van der Waals surface area contributed by atoms with Crippen LogP contribution in [0.2, 0.25) is 0 Å². The van der Waals surface area contributed by atoms with Gasteiger partial charge in [0.25, 0.3) is 0 Å². The number of nitrogens with one attached hydrogen (secondary N) is 1. The Morgan fingerprint density at radius 1 is 1.05 bits per heavy atom. The first-order valence-corrected chi connectivity index (χ1v) is 7.18. The minimum atomic E-state index is -0.124. The Balaban J connectivity index is 1.95. The van der Waals surface area contributed by atoms with Crippen LogP contribution in [0.1, 0.15) is 5.56 Å². The molecule has 0 fully saturated rings. The smallest absolute Gasteiger partial charge is 0.248 e. The van der Waals surface area contributed by atoms with E-state index in [1.807, 2.05) is 60.9 Å². The lowest BCUT2D eigenvalue weighted by Crippen LogP contribution is -2.07. The maximum Gasteiger partial charge on any atom is 0.248 e. The molecule has 1 amide bonds. The van der Waals surface area contributed by atoms with Crippen LogP contribution in [0.5, 0.6) is 0 Å². The van der Waals surface area contributed by atoms with Gasteiger partial charge in [-0.25, -0.2) is 0 Å². The predicted octanol–water partition coefficient (Wildman–Crippen LogP) is 4.06. The van der Waals surface area contributed by atoms with Crippen LogP contribution in [0.25, 0.3) is 6.08 Å². The molecule has 0 saturated carbocycles. The molecular formula is C16H15NOS. The molecule has 2 rings (SSSR count). The Morgan fingerprint density at radius 2 is 1.74 bits per heavy atom. The summed E-state index contributed by atoms with van der Waals surface area (Å²) < 4.78 is 0. The van der Waals surface area contributed by atoms with Gasteiger partial charge in [0.2, 0.25) is 5.91 Å². The molecule has 0 aliphatic heterocycles. The minimum Gasteiger partial charge on any atom is -0.323 e. The van der Waals surface area contributed by atoms with Gasteiger partial charge in [0.05, 0.1) is 0 Å². The first-order valence-electron chi connectivity index (χ1n) is 5.96. The van der Waals surface area contributed by atoms with Gasteiger partial charge in [-0.1, -0.05) is 30.3 Å². The van der Waals surface area contributed by atoms with Crippen molar-refractivity contribution < 1.29 is 4.79 Å². The second-order valence-corrected chi connectivity index (χ2v) is 4.84. The van der Waals surface area contributed by atoms with E-state index in [2.05, 4.69) is 5.32 Å². The van der Waals surface area contributed by atoms with E-state index in [4.69, 9.17) is 0 Å². The lowest BCUT2D eigenvalue weighted by Gasteiger charge is -2.02. The number of rotatable bonds is 4. The van der Waals surface area contributed by atoms with E-state index in [9.17, 15) is 4.79 Å². The lowest BCUT2D eigenvalue weighted by atomic mass is 10.2. The summed E-state index contributed by atoms with van der Waals surface area (Å²) in [6.45, 7) is 0. The van der Waals surface area contributed by atoms with E-state index in [0.717, 1.165) is 11.3 Å². The average Bonchev–Trinajstić information content (AvgIpc) is 2.47. The van der Waals surface area contributed by atoms with Gasteiger partial charge in [0.15, 0.2) is 0 Å². The van der Waals surface area contributed by atoms with Crippen LogP contribution in [-0.2, 0) is 4.79 Å². The highest BCUT2D eigenvalue weighted by molar-refractivity contribution is 7.98. The molecule has 0 bridgehead atoms. The topological polar surface area (TPSA) is 29.1 Å². The zero-order valence-corrected chi connectivity index (χ0v) is 11.5. The van der Waals surface area contributed by atoms with Crippen molar-refractivity contribution in [2.75, 3.05) is 11.6 Å². The SMILES string of the molecule is CSc1ccc(NC(=O)C=Cc2ccccc2)cc1. The number of anilines is 1. The molecule has 0 aromatic heterocycles. The molecule has 2 aromatic rings. The maximum absolute atomic E-state index is 11.7. The van der Waals surface area contributed by atoms with Gasteiger partial charge in [-0.2, -0.15) is 0 Å². The first kappa shape index (κ1) is 13.4. The largest absolute Gasteiger partial charge is 0.323 e. The van der Waals surface area contributed by atoms with Crippen molar-refractivity contribution in [3.63, 3.8) is 0 Å². The second-order valence-electron chi connectivity index (χ2n) is 3.96. The minimum absolute atomic E-state index is 0.124. The van der Waals surface area contributed by atoms with Gasteiger partial charge in [-0.05, 0) is 42.2 Å². The first-order chi connectivity index (χ1) is 9.28. The summed E-state index contributed by atoms with van der Waals surface area (Å²) in [5, 5.41) is 2.83. The third-order valence-electron chi connectivity index (χ3n) is 2.58. The molecule has 0 spiro atoms. The van der Waals surface area contributed by atoms with E-state index in [0.29, 0.717) is 0 Å². The summed E-state index contributed by atoms with van der Waals surface area (Å²) in [4.78, 5) is 12.9. The number of carbonyl (C=O) groups is 1. The van der Waals surface area contributed by atoms with E-state index >= 15 is 0 Å². The van der Waals surface area contributed by atoms with Gasteiger partial charge in [-0.15, -0.1) is 11.8 Å². The van der Waals surface area contributed by atoms with E-state index in [-0.39, 0.29) is 5.91 Å². The average molecular weight is 269 g/mol. The molecular weight excluding hydrogens is 254 g/mol. The van der Waals surface area contributed by atoms with Crippen molar-refractivity contribution in [3.05, 3.63) is 66.2 Å². The van der Waals surface area contributed by atoms with Gasteiger partial charge < -0.3 is 5.32 Å². The number of benzene rings is 2. The van der Waals surface area contributed by atoms with Crippen molar-refractivity contribution >= 4 is 29.4 Å². The molecule has 2 aromatic carbocycles. The van der Waals surface area contributed by atoms with Gasteiger partial charge >= 0.3 is 0 Å². The molecule has 0 radical (unpaired) electrons. The summed E-state index contributed by atoms with van der Waals surface area (Å²) in [5.41, 5.74) is 1.82. The highest BCUT2D eigenvalue weighted by atomic mass is 32.2. The molecule has 3 heteroatoms. The van der Waals surface area contributed by atoms with Crippen LogP contribution in [0.15, 0.2) is 65.6 Å². The standard InChI is InChI=1S/C16H15NOS/c1-19-15-10-8-14(9-11-15)17-16(18)12-7-13-5-3-2-4-6-13/h2-12H,1H3,(H,17,18). The van der Waals surface area contributed by atoms with Crippen molar-refractivity contribution in [3.8, 4) is 0 Å². The fraction of sp³-hybridized carbons (Fsp3) is 0.0625. The van der Waals surface area contributed by atoms with Crippen molar-refractivity contribution in [1.29, 1.82) is 0 Å². The number of thioether (sulfide) groups is 1. The van der Waals surface area contributed by atoms with Crippen molar-refractivity contribution in [2.24, 2.45) is 0 Å². The number of hydrogen-bond donors (Lipinski definition) is 1. The molecule has 19 heavy (non-hydrogen) atoms. The highest BCUT2D eigenvalue weighted by Gasteiger charge is 1.97. The van der Waals surface area contributed by atoms with Gasteiger partial charge in [0, 0.05) is 16.7 Å². The lowest BCUT2D eigenvalue weighted by molar-refractivity contribution is -0.111. The van der Waals surface area contributed by atoms with Crippen molar-refractivity contribution in [2.45, 2.75) is 4.90 Å². The highest BCUT2D eigenvalue weighted by Crippen LogP contribution is 2.17. The van der Waals surface area contributed by atoms with Crippen LogP contribution in [0.3, 0.4) is 0 Å². The quantitative estimate of drug-likeness (QED) is 0.670. The van der Waals surface area contributed by atoms with Crippen molar-refractivity contribution in [1.82, 2.24) is 0 Å². The monoisotopic (exact) mass is 269 g/mol. The third kappa shape index (κ3) is 4.30. The summed E-state index contributed by atoms with van der Waals surface area (Å²) in [7, 11) is 0. The zero-order valence-electron chi connectivity index (χ0n) is 10.7. The van der Waals surface area contributed by atoms with E-state index < -0.39 is 0 Å². The Hall–Kier alpha value is -2.00. The third-order valence-corrected chi connectivity index (χ3v) is 3.33.